The highest BCUT2D eigenvalue weighted by Crippen LogP contribution is 2.35. The summed E-state index contributed by atoms with van der Waals surface area (Å²) in [7, 11) is 0. The fraction of sp³-hybridized carbons (Fsp3) is 0.625. The molecule has 0 bridgehead atoms. The SMILES string of the molecule is NC(CCC1CC1)C1CCc2ccccc2C1. The van der Waals surface area contributed by atoms with E-state index in [0.29, 0.717) is 6.04 Å². The lowest BCUT2D eigenvalue weighted by atomic mass is 9.79. The van der Waals surface area contributed by atoms with Crippen molar-refractivity contribution in [1.29, 1.82) is 0 Å². The van der Waals surface area contributed by atoms with Crippen LogP contribution in [0.5, 0.6) is 0 Å². The van der Waals surface area contributed by atoms with Gasteiger partial charge in [0.2, 0.25) is 0 Å². The van der Waals surface area contributed by atoms with Gasteiger partial charge in [0.05, 0.1) is 0 Å². The summed E-state index contributed by atoms with van der Waals surface area (Å²) in [5.41, 5.74) is 9.48. The summed E-state index contributed by atoms with van der Waals surface area (Å²) in [6.07, 6.45) is 9.28. The van der Waals surface area contributed by atoms with Crippen LogP contribution < -0.4 is 5.73 Å². The molecule has 1 aromatic carbocycles. The van der Waals surface area contributed by atoms with Crippen LogP contribution in [0.25, 0.3) is 0 Å². The Morgan fingerprint density at radius 2 is 1.88 bits per heavy atom. The maximum absolute atomic E-state index is 6.38. The van der Waals surface area contributed by atoms with Crippen LogP contribution in [-0.4, -0.2) is 6.04 Å². The molecule has 0 aliphatic heterocycles. The highest BCUT2D eigenvalue weighted by Gasteiger charge is 2.26. The third-order valence-electron chi connectivity index (χ3n) is 4.60. The van der Waals surface area contributed by atoms with Gasteiger partial charge in [-0.15, -0.1) is 0 Å². The number of rotatable bonds is 4. The Labute approximate surface area is 104 Å². The molecule has 0 radical (unpaired) electrons. The fourth-order valence-corrected chi connectivity index (χ4v) is 3.16. The summed E-state index contributed by atoms with van der Waals surface area (Å²) in [5, 5.41) is 0. The predicted molar refractivity (Wildman–Crippen MR) is 71.9 cm³/mol. The number of nitrogens with two attached hydrogens (primary N) is 1. The molecule has 0 aromatic heterocycles. The van der Waals surface area contributed by atoms with E-state index in [-0.39, 0.29) is 0 Å². The van der Waals surface area contributed by atoms with Crippen molar-refractivity contribution in [2.24, 2.45) is 17.6 Å². The van der Waals surface area contributed by atoms with Crippen molar-refractivity contribution in [2.45, 2.75) is 51.0 Å². The lowest BCUT2D eigenvalue weighted by Crippen LogP contribution is -2.34. The van der Waals surface area contributed by atoms with Crippen molar-refractivity contribution in [1.82, 2.24) is 0 Å². The summed E-state index contributed by atoms with van der Waals surface area (Å²) in [4.78, 5) is 0. The van der Waals surface area contributed by atoms with Gasteiger partial charge >= 0.3 is 0 Å². The summed E-state index contributed by atoms with van der Waals surface area (Å²) in [6, 6.07) is 9.32. The Bertz CT molecular complexity index is 381. The van der Waals surface area contributed by atoms with Gasteiger partial charge in [0.1, 0.15) is 0 Å². The molecule has 3 rings (SSSR count). The zero-order valence-corrected chi connectivity index (χ0v) is 10.6. The quantitative estimate of drug-likeness (QED) is 0.842. The van der Waals surface area contributed by atoms with Gasteiger partial charge in [0.25, 0.3) is 0 Å². The predicted octanol–water partition coefficient (Wildman–Crippen LogP) is 3.31. The molecule has 2 aliphatic carbocycles. The molecular formula is C16H23N. The van der Waals surface area contributed by atoms with Crippen molar-refractivity contribution in [3.63, 3.8) is 0 Å². The molecule has 1 aromatic rings. The number of benzene rings is 1. The van der Waals surface area contributed by atoms with Gasteiger partial charge in [-0.25, -0.2) is 0 Å². The molecule has 2 N–H and O–H groups in total. The molecule has 1 heteroatoms. The van der Waals surface area contributed by atoms with Gasteiger partial charge in [-0.1, -0.05) is 37.1 Å². The zero-order chi connectivity index (χ0) is 11.7. The fourth-order valence-electron chi connectivity index (χ4n) is 3.16. The monoisotopic (exact) mass is 229 g/mol. The highest BCUT2D eigenvalue weighted by molar-refractivity contribution is 5.29. The van der Waals surface area contributed by atoms with E-state index in [1.807, 2.05) is 0 Å². The maximum Gasteiger partial charge on any atom is 0.00705 e. The van der Waals surface area contributed by atoms with Gasteiger partial charge < -0.3 is 5.73 Å². The second kappa shape index (κ2) is 4.81. The van der Waals surface area contributed by atoms with Gasteiger partial charge in [0, 0.05) is 6.04 Å². The largest absolute Gasteiger partial charge is 0.327 e. The molecule has 92 valence electrons. The summed E-state index contributed by atoms with van der Waals surface area (Å²) in [5.74, 6) is 1.75. The van der Waals surface area contributed by atoms with Crippen LogP contribution in [0.3, 0.4) is 0 Å². The first-order valence-electron chi connectivity index (χ1n) is 7.15. The Morgan fingerprint density at radius 3 is 2.65 bits per heavy atom. The molecule has 0 spiro atoms. The third-order valence-corrected chi connectivity index (χ3v) is 4.60. The molecule has 0 heterocycles. The number of aryl methyl sites for hydroxylation is 1. The van der Waals surface area contributed by atoms with E-state index in [2.05, 4.69) is 24.3 Å². The van der Waals surface area contributed by atoms with Crippen LogP contribution in [-0.2, 0) is 12.8 Å². The smallest absolute Gasteiger partial charge is 0.00705 e. The van der Waals surface area contributed by atoms with Crippen LogP contribution in [0.4, 0.5) is 0 Å². The van der Waals surface area contributed by atoms with E-state index in [9.17, 15) is 0 Å². The van der Waals surface area contributed by atoms with Crippen LogP contribution in [0.1, 0.15) is 43.2 Å². The molecular weight excluding hydrogens is 206 g/mol. The van der Waals surface area contributed by atoms with E-state index in [0.717, 1.165) is 11.8 Å². The van der Waals surface area contributed by atoms with Crippen molar-refractivity contribution < 1.29 is 0 Å². The minimum absolute atomic E-state index is 0.434. The van der Waals surface area contributed by atoms with Crippen LogP contribution in [0, 0.1) is 11.8 Å². The minimum Gasteiger partial charge on any atom is -0.327 e. The molecule has 2 atom stereocenters. The van der Waals surface area contributed by atoms with Gasteiger partial charge in [-0.2, -0.15) is 0 Å². The van der Waals surface area contributed by atoms with Gasteiger partial charge in [0.15, 0.2) is 0 Å². The van der Waals surface area contributed by atoms with E-state index in [1.54, 1.807) is 11.1 Å². The van der Waals surface area contributed by atoms with Gasteiger partial charge in [-0.05, 0) is 55.1 Å². The molecule has 0 amide bonds. The first-order valence-corrected chi connectivity index (χ1v) is 7.15. The van der Waals surface area contributed by atoms with Crippen LogP contribution in [0.15, 0.2) is 24.3 Å². The Hall–Kier alpha value is -0.820. The molecule has 2 aliphatic rings. The van der Waals surface area contributed by atoms with Crippen molar-refractivity contribution >= 4 is 0 Å². The van der Waals surface area contributed by atoms with Crippen molar-refractivity contribution in [3.8, 4) is 0 Å². The molecule has 2 unspecified atom stereocenters. The van der Waals surface area contributed by atoms with E-state index in [4.69, 9.17) is 5.73 Å². The number of hydrogen-bond donors (Lipinski definition) is 1. The number of fused-ring (bicyclic) bond motifs is 1. The van der Waals surface area contributed by atoms with Gasteiger partial charge in [-0.3, -0.25) is 0 Å². The number of hydrogen-bond acceptors (Lipinski definition) is 1. The second-order valence-corrected chi connectivity index (χ2v) is 5.96. The maximum atomic E-state index is 6.38. The molecule has 1 fully saturated rings. The molecule has 17 heavy (non-hydrogen) atoms. The molecule has 1 saturated carbocycles. The second-order valence-electron chi connectivity index (χ2n) is 5.96. The van der Waals surface area contributed by atoms with E-state index in [1.165, 1.54) is 44.9 Å². The Balaban J connectivity index is 1.58. The average Bonchev–Trinajstić information content (AvgIpc) is 3.19. The topological polar surface area (TPSA) is 26.0 Å². The van der Waals surface area contributed by atoms with E-state index >= 15 is 0 Å². The standard InChI is InChI=1S/C16H23N/c17-16(10-7-12-5-6-12)15-9-8-13-3-1-2-4-14(13)11-15/h1-4,12,15-16H,5-11,17H2. The van der Waals surface area contributed by atoms with E-state index < -0.39 is 0 Å². The third kappa shape index (κ3) is 2.71. The molecule has 1 nitrogen and oxygen atoms in total. The summed E-state index contributed by atoms with van der Waals surface area (Å²) < 4.78 is 0. The lowest BCUT2D eigenvalue weighted by molar-refractivity contribution is 0.349. The minimum atomic E-state index is 0.434. The first kappa shape index (κ1) is 11.3. The summed E-state index contributed by atoms with van der Waals surface area (Å²) >= 11 is 0. The zero-order valence-electron chi connectivity index (χ0n) is 10.6. The Kier molecular flexibility index (Phi) is 3.19. The normalized spacial score (nSPS) is 25.4. The first-order chi connectivity index (χ1) is 8.33. The lowest BCUT2D eigenvalue weighted by Gasteiger charge is -2.29. The van der Waals surface area contributed by atoms with Crippen LogP contribution in [0.2, 0.25) is 0 Å². The van der Waals surface area contributed by atoms with Crippen molar-refractivity contribution in [3.05, 3.63) is 35.4 Å². The van der Waals surface area contributed by atoms with Crippen LogP contribution >= 0.6 is 0 Å². The Morgan fingerprint density at radius 1 is 1.12 bits per heavy atom. The highest BCUT2D eigenvalue weighted by atomic mass is 14.7. The summed E-state index contributed by atoms with van der Waals surface area (Å²) in [6.45, 7) is 0. The average molecular weight is 229 g/mol. The molecule has 0 saturated heterocycles. The van der Waals surface area contributed by atoms with Crippen molar-refractivity contribution in [2.75, 3.05) is 0 Å².